The van der Waals surface area contributed by atoms with E-state index in [-0.39, 0.29) is 18.0 Å². The highest BCUT2D eigenvalue weighted by atomic mass is 16.7. The fourth-order valence-electron chi connectivity index (χ4n) is 2.61. The van der Waals surface area contributed by atoms with Gasteiger partial charge in [-0.2, -0.15) is 0 Å². The van der Waals surface area contributed by atoms with Gasteiger partial charge in [-0.25, -0.2) is 0 Å². The number of ether oxygens (including phenoxy) is 3. The van der Waals surface area contributed by atoms with Crippen molar-refractivity contribution in [2.45, 2.75) is 0 Å². The Bertz CT molecular complexity index is 955. The number of phenols is 1. The van der Waals surface area contributed by atoms with Gasteiger partial charge in [0.2, 0.25) is 12.5 Å². The van der Waals surface area contributed by atoms with Gasteiger partial charge in [-0.3, -0.25) is 4.79 Å². The molecule has 0 fully saturated rings. The number of methoxy groups -OCH3 is 1. The van der Waals surface area contributed by atoms with Crippen molar-refractivity contribution in [3.05, 3.63) is 46.6 Å². The highest BCUT2D eigenvalue weighted by Gasteiger charge is 2.25. The van der Waals surface area contributed by atoms with E-state index in [4.69, 9.17) is 18.6 Å². The Morgan fingerprint density at radius 2 is 1.91 bits per heavy atom. The fourth-order valence-corrected chi connectivity index (χ4v) is 2.61. The average molecular weight is 312 g/mol. The van der Waals surface area contributed by atoms with Crippen LogP contribution in [0, 0.1) is 0 Å². The van der Waals surface area contributed by atoms with Gasteiger partial charge in [-0.05, 0) is 24.3 Å². The van der Waals surface area contributed by atoms with Gasteiger partial charge in [-0.1, -0.05) is 0 Å². The topological polar surface area (TPSA) is 78.1 Å². The Morgan fingerprint density at radius 1 is 1.13 bits per heavy atom. The van der Waals surface area contributed by atoms with Crippen LogP contribution >= 0.6 is 0 Å². The molecule has 0 amide bonds. The first-order valence-corrected chi connectivity index (χ1v) is 6.91. The first-order chi connectivity index (χ1) is 11.2. The summed E-state index contributed by atoms with van der Waals surface area (Å²) in [6, 6.07) is 9.40. The molecule has 6 heteroatoms. The second-order valence-electron chi connectivity index (χ2n) is 5.04. The largest absolute Gasteiger partial charge is 0.508 e. The van der Waals surface area contributed by atoms with E-state index in [0.29, 0.717) is 39.5 Å². The SMILES string of the molecule is COc1c2c(cc3oc(-c4ccc(O)cc4)cc(=O)c13)OCO2. The Morgan fingerprint density at radius 3 is 2.65 bits per heavy atom. The van der Waals surface area contributed by atoms with Crippen molar-refractivity contribution < 1.29 is 23.7 Å². The predicted molar refractivity (Wildman–Crippen MR) is 82.3 cm³/mol. The van der Waals surface area contributed by atoms with Crippen LogP contribution < -0.4 is 19.6 Å². The molecule has 1 aliphatic heterocycles. The highest BCUT2D eigenvalue weighted by Crippen LogP contribution is 2.45. The number of fused-ring (bicyclic) bond motifs is 2. The molecule has 0 aliphatic carbocycles. The maximum Gasteiger partial charge on any atom is 0.231 e. The molecular weight excluding hydrogens is 300 g/mol. The smallest absolute Gasteiger partial charge is 0.231 e. The summed E-state index contributed by atoms with van der Waals surface area (Å²) < 4.78 is 21.9. The van der Waals surface area contributed by atoms with Gasteiger partial charge in [0.25, 0.3) is 0 Å². The maximum atomic E-state index is 12.5. The third-order valence-corrected chi connectivity index (χ3v) is 3.67. The number of hydrogen-bond donors (Lipinski definition) is 1. The predicted octanol–water partition coefficient (Wildman–Crippen LogP) is 2.90. The van der Waals surface area contributed by atoms with Crippen molar-refractivity contribution in [2.75, 3.05) is 13.9 Å². The summed E-state index contributed by atoms with van der Waals surface area (Å²) in [7, 11) is 1.46. The summed E-state index contributed by atoms with van der Waals surface area (Å²) >= 11 is 0. The Hall–Kier alpha value is -3.15. The molecule has 0 bridgehead atoms. The number of benzene rings is 2. The molecule has 23 heavy (non-hydrogen) atoms. The van der Waals surface area contributed by atoms with E-state index in [1.54, 1.807) is 18.2 Å². The lowest BCUT2D eigenvalue weighted by Crippen LogP contribution is -2.03. The van der Waals surface area contributed by atoms with Crippen LogP contribution in [0.1, 0.15) is 0 Å². The lowest BCUT2D eigenvalue weighted by atomic mass is 10.1. The van der Waals surface area contributed by atoms with E-state index in [1.807, 2.05) is 0 Å². The van der Waals surface area contributed by atoms with Gasteiger partial charge >= 0.3 is 0 Å². The molecule has 3 aromatic rings. The molecular formula is C17H12O6. The third kappa shape index (κ3) is 2.07. The van der Waals surface area contributed by atoms with Gasteiger partial charge in [0.1, 0.15) is 22.5 Å². The monoisotopic (exact) mass is 312 g/mol. The highest BCUT2D eigenvalue weighted by molar-refractivity contribution is 5.90. The standard InChI is InChI=1S/C17H12O6/c1-20-17-15-11(19)6-12(9-2-4-10(18)5-3-9)23-13(15)7-14-16(17)22-8-21-14/h2-7,18H,8H2,1H3. The first-order valence-electron chi connectivity index (χ1n) is 6.91. The van der Waals surface area contributed by atoms with Gasteiger partial charge in [0.15, 0.2) is 16.9 Å². The lowest BCUT2D eigenvalue weighted by Gasteiger charge is -2.09. The van der Waals surface area contributed by atoms with Gasteiger partial charge in [-0.15, -0.1) is 0 Å². The van der Waals surface area contributed by atoms with Crippen LogP contribution in [0.25, 0.3) is 22.3 Å². The minimum atomic E-state index is -0.246. The molecule has 1 N–H and O–H groups in total. The summed E-state index contributed by atoms with van der Waals surface area (Å²) in [6.07, 6.45) is 0. The molecule has 1 aromatic heterocycles. The fraction of sp³-hybridized carbons (Fsp3) is 0.118. The second kappa shape index (κ2) is 4.95. The van der Waals surface area contributed by atoms with Crippen molar-refractivity contribution in [2.24, 2.45) is 0 Å². The van der Waals surface area contributed by atoms with Gasteiger partial charge < -0.3 is 23.7 Å². The number of phenolic OH excluding ortho intramolecular Hbond substituents is 1. The van der Waals surface area contributed by atoms with E-state index in [9.17, 15) is 9.90 Å². The third-order valence-electron chi connectivity index (χ3n) is 3.67. The van der Waals surface area contributed by atoms with Crippen LogP contribution in [-0.4, -0.2) is 19.0 Å². The zero-order chi connectivity index (χ0) is 16.0. The van der Waals surface area contributed by atoms with Crippen LogP contribution in [0.5, 0.6) is 23.0 Å². The summed E-state index contributed by atoms with van der Waals surface area (Å²) in [5, 5.41) is 9.67. The normalized spacial score (nSPS) is 12.6. The summed E-state index contributed by atoms with van der Waals surface area (Å²) in [4.78, 5) is 12.5. The van der Waals surface area contributed by atoms with E-state index in [1.165, 1.54) is 25.3 Å². The molecule has 2 heterocycles. The van der Waals surface area contributed by atoms with Crippen molar-refractivity contribution >= 4 is 11.0 Å². The minimum absolute atomic E-state index is 0.0705. The Balaban J connectivity index is 2.00. The van der Waals surface area contributed by atoms with Gasteiger partial charge in [0, 0.05) is 17.7 Å². The van der Waals surface area contributed by atoms with E-state index in [2.05, 4.69) is 0 Å². The van der Waals surface area contributed by atoms with Crippen LogP contribution in [-0.2, 0) is 0 Å². The molecule has 0 spiro atoms. The van der Waals surface area contributed by atoms with Crippen LogP contribution in [0.15, 0.2) is 45.6 Å². The minimum Gasteiger partial charge on any atom is -0.508 e. The second-order valence-corrected chi connectivity index (χ2v) is 5.04. The summed E-state index contributed by atoms with van der Waals surface area (Å²) in [5.74, 6) is 1.72. The molecule has 0 unspecified atom stereocenters. The summed E-state index contributed by atoms with van der Waals surface area (Å²) in [6.45, 7) is 0.0705. The average Bonchev–Trinajstić information content (AvgIpc) is 3.01. The zero-order valence-corrected chi connectivity index (χ0v) is 12.2. The van der Waals surface area contributed by atoms with Crippen LogP contribution in [0.2, 0.25) is 0 Å². The molecule has 1 aliphatic rings. The number of aromatic hydroxyl groups is 1. The van der Waals surface area contributed by atoms with E-state index in [0.717, 1.165) is 0 Å². The lowest BCUT2D eigenvalue weighted by molar-refractivity contribution is 0.171. The van der Waals surface area contributed by atoms with E-state index < -0.39 is 0 Å². The number of hydrogen-bond acceptors (Lipinski definition) is 6. The maximum absolute atomic E-state index is 12.5. The van der Waals surface area contributed by atoms with Crippen molar-refractivity contribution in [1.82, 2.24) is 0 Å². The molecule has 0 saturated carbocycles. The van der Waals surface area contributed by atoms with Crippen molar-refractivity contribution in [3.63, 3.8) is 0 Å². The molecule has 116 valence electrons. The van der Waals surface area contributed by atoms with Crippen molar-refractivity contribution in [3.8, 4) is 34.3 Å². The number of rotatable bonds is 2. The zero-order valence-electron chi connectivity index (χ0n) is 12.2. The molecule has 2 aromatic carbocycles. The summed E-state index contributed by atoms with van der Waals surface area (Å²) in [5.41, 5.74) is 0.782. The van der Waals surface area contributed by atoms with Crippen molar-refractivity contribution in [1.29, 1.82) is 0 Å². The molecule has 0 radical (unpaired) electrons. The molecule has 0 atom stereocenters. The van der Waals surface area contributed by atoms with E-state index >= 15 is 0 Å². The first kappa shape index (κ1) is 13.5. The Kier molecular flexibility index (Phi) is 2.90. The Labute approximate surface area is 130 Å². The molecule has 6 nitrogen and oxygen atoms in total. The van der Waals surface area contributed by atoms with Crippen LogP contribution in [0.4, 0.5) is 0 Å². The molecule has 4 rings (SSSR count). The quantitative estimate of drug-likeness (QED) is 0.784. The van der Waals surface area contributed by atoms with Crippen LogP contribution in [0.3, 0.4) is 0 Å². The molecule has 0 saturated heterocycles. The van der Waals surface area contributed by atoms with Gasteiger partial charge in [0.05, 0.1) is 7.11 Å².